The van der Waals surface area contributed by atoms with Crippen LogP contribution < -0.4 is 0 Å². The maximum absolute atomic E-state index is 11.6. The van der Waals surface area contributed by atoms with Crippen molar-refractivity contribution in [2.24, 2.45) is 0 Å². The maximum Gasteiger partial charge on any atom is 0.378 e. The van der Waals surface area contributed by atoms with E-state index in [-0.39, 0.29) is 7.43 Å². The van der Waals surface area contributed by atoms with Gasteiger partial charge in [-0.1, -0.05) is 7.43 Å². The van der Waals surface area contributed by atoms with E-state index in [2.05, 4.69) is 0 Å². The molecule has 0 bridgehead atoms. The van der Waals surface area contributed by atoms with Gasteiger partial charge in [0.15, 0.2) is 0 Å². The van der Waals surface area contributed by atoms with Crippen molar-refractivity contribution in [3.05, 3.63) is 0 Å². The van der Waals surface area contributed by atoms with Crippen LogP contribution in [0, 0.1) is 0 Å². The van der Waals surface area contributed by atoms with Gasteiger partial charge in [-0.2, -0.15) is 26.3 Å². The summed E-state index contributed by atoms with van der Waals surface area (Å²) in [4.78, 5) is 0. The minimum Gasteiger partial charge on any atom is -0.234 e. The van der Waals surface area contributed by atoms with Gasteiger partial charge in [-0.05, 0) is 0 Å². The number of rotatable bonds is 0. The summed E-state index contributed by atoms with van der Waals surface area (Å²) in [7, 11) is 0. The quantitative estimate of drug-likeness (QED) is 0.525. The molecule has 7 heteroatoms. The second-order valence-electron chi connectivity index (χ2n) is 2.18. The lowest BCUT2D eigenvalue weighted by molar-refractivity contribution is -0.432. The maximum atomic E-state index is 11.6. The van der Waals surface area contributed by atoms with Crippen LogP contribution in [0.5, 0.6) is 0 Å². The van der Waals surface area contributed by atoms with E-state index in [0.717, 1.165) is 0 Å². The van der Waals surface area contributed by atoms with Gasteiger partial charge in [0.1, 0.15) is 0 Å². The molecule has 74 valence electrons. The second-order valence-corrected chi connectivity index (χ2v) is 2.18. The summed E-state index contributed by atoms with van der Waals surface area (Å²) in [5, 5.41) is 0. The van der Waals surface area contributed by atoms with Gasteiger partial charge in [0.25, 0.3) is 0 Å². The van der Waals surface area contributed by atoms with Crippen LogP contribution >= 0.6 is 0 Å². The van der Waals surface area contributed by atoms with Gasteiger partial charge >= 0.3 is 17.8 Å². The molecule has 1 aliphatic carbocycles. The molecule has 0 spiro atoms. The molecule has 0 aromatic rings. The Balaban J connectivity index is 0.00000121. The molecular weight excluding hydrogens is 193 g/mol. The van der Waals surface area contributed by atoms with Crippen LogP contribution in [-0.4, -0.2) is 23.9 Å². The van der Waals surface area contributed by atoms with Gasteiger partial charge < -0.3 is 0 Å². The third-order valence-electron chi connectivity index (χ3n) is 1.47. The summed E-state index contributed by atoms with van der Waals surface area (Å²) in [6, 6.07) is 0. The Bertz CT molecular complexity index is 166. The van der Waals surface area contributed by atoms with Crippen molar-refractivity contribution in [1.29, 1.82) is 0 Å². The number of halogens is 7. The van der Waals surface area contributed by atoms with Crippen molar-refractivity contribution in [2.45, 2.75) is 31.4 Å². The summed E-state index contributed by atoms with van der Waals surface area (Å²) in [6.07, 6.45) is -4.08. The van der Waals surface area contributed by atoms with Crippen LogP contribution in [0.2, 0.25) is 0 Å². The minimum atomic E-state index is -5.56. The van der Waals surface area contributed by atoms with E-state index in [1.165, 1.54) is 0 Å². The van der Waals surface area contributed by atoms with Crippen molar-refractivity contribution in [3.8, 4) is 0 Å². The second kappa shape index (κ2) is 2.26. The highest BCUT2D eigenvalue weighted by molar-refractivity contribution is 5.17. The highest BCUT2D eigenvalue weighted by Gasteiger charge is 2.91. The van der Waals surface area contributed by atoms with E-state index in [1.54, 1.807) is 0 Å². The Kier molecular flexibility index (Phi) is 2.17. The smallest absolute Gasteiger partial charge is 0.234 e. The summed E-state index contributed by atoms with van der Waals surface area (Å²) >= 11 is 0. The summed E-state index contributed by atoms with van der Waals surface area (Å²) in [5.74, 6) is -16.0. The normalized spacial score (nSPS) is 30.2. The van der Waals surface area contributed by atoms with Gasteiger partial charge in [0.05, 0.1) is 0 Å². The first-order valence-electron chi connectivity index (χ1n) is 2.43. The molecule has 0 nitrogen and oxygen atoms in total. The standard InChI is InChI=1S/C4HF7.CH4/c5-1-2(6,7)4(10,11)3(1,8)9;/h1H;1H4. The Morgan fingerprint density at radius 3 is 1.08 bits per heavy atom. The van der Waals surface area contributed by atoms with Crippen molar-refractivity contribution >= 4 is 0 Å². The molecule has 1 aliphatic rings. The van der Waals surface area contributed by atoms with Gasteiger partial charge in [0.2, 0.25) is 6.17 Å². The number of hydrogen-bond donors (Lipinski definition) is 0. The molecule has 0 aromatic carbocycles. The zero-order chi connectivity index (χ0) is 9.08. The molecule has 0 radical (unpaired) electrons. The van der Waals surface area contributed by atoms with Gasteiger partial charge in [-0.25, -0.2) is 4.39 Å². The third-order valence-corrected chi connectivity index (χ3v) is 1.47. The molecule has 12 heavy (non-hydrogen) atoms. The lowest BCUT2D eigenvalue weighted by Crippen LogP contribution is -2.76. The molecular formula is C5H5F7. The predicted molar refractivity (Wildman–Crippen MR) is 26.5 cm³/mol. The van der Waals surface area contributed by atoms with Crippen molar-refractivity contribution in [3.63, 3.8) is 0 Å². The molecule has 0 atom stereocenters. The largest absolute Gasteiger partial charge is 0.378 e. The highest BCUT2D eigenvalue weighted by Crippen LogP contribution is 2.62. The summed E-state index contributed by atoms with van der Waals surface area (Å²) in [5.41, 5.74) is 0. The molecule has 1 saturated carbocycles. The van der Waals surface area contributed by atoms with Crippen LogP contribution in [0.3, 0.4) is 0 Å². The van der Waals surface area contributed by atoms with Crippen LogP contribution in [0.1, 0.15) is 7.43 Å². The van der Waals surface area contributed by atoms with Crippen LogP contribution in [0.25, 0.3) is 0 Å². The fourth-order valence-electron chi connectivity index (χ4n) is 0.690. The third kappa shape index (κ3) is 0.791. The fraction of sp³-hybridized carbons (Fsp3) is 1.00. The van der Waals surface area contributed by atoms with E-state index in [0.29, 0.717) is 0 Å². The Morgan fingerprint density at radius 1 is 0.750 bits per heavy atom. The van der Waals surface area contributed by atoms with E-state index < -0.39 is 23.9 Å². The fourth-order valence-corrected chi connectivity index (χ4v) is 0.690. The van der Waals surface area contributed by atoms with E-state index in [9.17, 15) is 30.7 Å². The zero-order valence-electron chi connectivity index (χ0n) is 4.72. The van der Waals surface area contributed by atoms with Gasteiger partial charge in [-0.3, -0.25) is 0 Å². The molecule has 0 aromatic heterocycles. The first kappa shape index (κ1) is 11.5. The molecule has 0 aliphatic heterocycles. The molecule has 0 amide bonds. The summed E-state index contributed by atoms with van der Waals surface area (Å²) < 4.78 is 81.2. The Labute approximate surface area is 63.4 Å². The van der Waals surface area contributed by atoms with Gasteiger partial charge in [0, 0.05) is 0 Å². The SMILES string of the molecule is C.FC1C(F)(F)C(F)(F)C1(F)F. The molecule has 0 N–H and O–H groups in total. The average molecular weight is 198 g/mol. The minimum absolute atomic E-state index is 0. The lowest BCUT2D eigenvalue weighted by atomic mass is 9.82. The van der Waals surface area contributed by atoms with Crippen LogP contribution in [-0.2, 0) is 0 Å². The first-order chi connectivity index (χ1) is 4.65. The van der Waals surface area contributed by atoms with Crippen LogP contribution in [0.4, 0.5) is 30.7 Å². The molecule has 0 heterocycles. The average Bonchev–Trinajstić information content (AvgIpc) is 1.84. The zero-order valence-corrected chi connectivity index (χ0v) is 4.72. The predicted octanol–water partition coefficient (Wildman–Crippen LogP) is 2.88. The molecule has 1 rings (SSSR count). The van der Waals surface area contributed by atoms with Gasteiger partial charge in [-0.15, -0.1) is 0 Å². The van der Waals surface area contributed by atoms with Crippen molar-refractivity contribution in [1.82, 2.24) is 0 Å². The van der Waals surface area contributed by atoms with E-state index in [1.807, 2.05) is 0 Å². The Hall–Kier alpha value is -0.490. The molecule has 0 unspecified atom stereocenters. The molecule has 0 saturated heterocycles. The lowest BCUT2D eigenvalue weighted by Gasteiger charge is -2.45. The number of hydrogen-bond acceptors (Lipinski definition) is 0. The van der Waals surface area contributed by atoms with Crippen LogP contribution in [0.15, 0.2) is 0 Å². The van der Waals surface area contributed by atoms with E-state index >= 15 is 0 Å². The summed E-state index contributed by atoms with van der Waals surface area (Å²) in [6.45, 7) is 0. The van der Waals surface area contributed by atoms with E-state index in [4.69, 9.17) is 0 Å². The van der Waals surface area contributed by atoms with Crippen molar-refractivity contribution < 1.29 is 30.7 Å². The molecule has 1 fully saturated rings. The van der Waals surface area contributed by atoms with Crippen molar-refractivity contribution in [2.75, 3.05) is 0 Å². The first-order valence-corrected chi connectivity index (χ1v) is 2.43. The highest BCUT2D eigenvalue weighted by atomic mass is 19.4. The monoisotopic (exact) mass is 198 g/mol. The Morgan fingerprint density at radius 2 is 1.00 bits per heavy atom. The topological polar surface area (TPSA) is 0 Å². The number of alkyl halides is 7.